The van der Waals surface area contributed by atoms with E-state index in [0.29, 0.717) is 12.1 Å². The Balaban J connectivity index is 2.21. The molecule has 0 saturated carbocycles. The molecule has 0 aliphatic heterocycles. The summed E-state index contributed by atoms with van der Waals surface area (Å²) in [6.07, 6.45) is 0.550. The van der Waals surface area contributed by atoms with Crippen molar-refractivity contribution in [2.45, 2.75) is 38.0 Å². The molecule has 154 valence electrons. The maximum Gasteiger partial charge on any atom is 0.268 e. The van der Waals surface area contributed by atoms with Crippen LogP contribution in [0.1, 0.15) is 38.7 Å². The highest BCUT2D eigenvalue weighted by atomic mass is 32.2. The Morgan fingerprint density at radius 3 is 2.17 bits per heavy atom. The van der Waals surface area contributed by atoms with Gasteiger partial charge in [-0.2, -0.15) is 0 Å². The first kappa shape index (κ1) is 20.8. The molecule has 0 aromatic heterocycles. The molecule has 3 aromatic carbocycles. The van der Waals surface area contributed by atoms with Gasteiger partial charge in [0.05, 0.1) is 5.69 Å². The molecule has 6 nitrogen and oxygen atoms in total. The number of hydrogen-bond acceptors (Lipinski definition) is 5. The Kier molecular flexibility index (Phi) is 5.61. The lowest BCUT2D eigenvalue weighted by molar-refractivity contribution is 0.356. The van der Waals surface area contributed by atoms with Crippen molar-refractivity contribution in [1.29, 1.82) is 0 Å². The van der Waals surface area contributed by atoms with E-state index in [1.807, 2.05) is 37.3 Å². The van der Waals surface area contributed by atoms with Gasteiger partial charge >= 0.3 is 0 Å². The van der Waals surface area contributed by atoms with E-state index in [9.17, 15) is 23.7 Å². The topological polar surface area (TPSA) is 98.1 Å². The van der Waals surface area contributed by atoms with Crippen molar-refractivity contribution in [3.05, 3.63) is 54.1 Å². The molecule has 0 radical (unpaired) electrons. The monoisotopic (exact) mass is 415 g/mol. The third-order valence-corrected chi connectivity index (χ3v) is 6.72. The van der Waals surface area contributed by atoms with Crippen LogP contribution in [-0.4, -0.2) is 30.3 Å². The van der Waals surface area contributed by atoms with Crippen LogP contribution in [0, 0.1) is 0 Å². The summed E-state index contributed by atoms with van der Waals surface area (Å²) in [5.74, 6) is -2.45. The Morgan fingerprint density at radius 2 is 1.55 bits per heavy atom. The molecule has 3 rings (SSSR count). The van der Waals surface area contributed by atoms with Gasteiger partial charge in [-0.05, 0) is 41.3 Å². The van der Waals surface area contributed by atoms with Crippen molar-refractivity contribution < 1.29 is 23.7 Å². The molecular formula is C22H25NO5S. The van der Waals surface area contributed by atoms with Gasteiger partial charge in [0.2, 0.25) is 5.75 Å². The quantitative estimate of drug-likeness (QED) is 0.508. The van der Waals surface area contributed by atoms with Crippen LogP contribution in [0.2, 0.25) is 0 Å². The number of fused-ring (bicyclic) bond motifs is 1. The molecule has 0 fully saturated rings. The summed E-state index contributed by atoms with van der Waals surface area (Å²) in [5, 5.41) is 32.4. The highest BCUT2D eigenvalue weighted by molar-refractivity contribution is 7.93. The van der Waals surface area contributed by atoms with Crippen molar-refractivity contribution >= 4 is 26.5 Å². The average molecular weight is 416 g/mol. The summed E-state index contributed by atoms with van der Waals surface area (Å²) in [5.41, 5.74) is 0.706. The first-order chi connectivity index (χ1) is 13.7. The summed E-state index contributed by atoms with van der Waals surface area (Å²) >= 11 is 0. The van der Waals surface area contributed by atoms with Gasteiger partial charge in [-0.25, -0.2) is 8.42 Å². The molecule has 0 amide bonds. The van der Waals surface area contributed by atoms with Gasteiger partial charge in [0, 0.05) is 12.1 Å². The minimum Gasteiger partial charge on any atom is -0.504 e. The lowest BCUT2D eigenvalue weighted by Crippen LogP contribution is -2.32. The van der Waals surface area contributed by atoms with Crippen LogP contribution < -0.4 is 4.31 Å². The van der Waals surface area contributed by atoms with Gasteiger partial charge in [0.15, 0.2) is 11.5 Å². The van der Waals surface area contributed by atoms with Gasteiger partial charge in [-0.15, -0.1) is 0 Å². The molecule has 0 saturated heterocycles. The van der Waals surface area contributed by atoms with Crippen LogP contribution in [0.3, 0.4) is 0 Å². The van der Waals surface area contributed by atoms with Crippen molar-refractivity contribution in [2.24, 2.45) is 0 Å². The summed E-state index contributed by atoms with van der Waals surface area (Å²) in [6.45, 7) is 5.57. The van der Waals surface area contributed by atoms with Gasteiger partial charge < -0.3 is 15.3 Å². The lowest BCUT2D eigenvalue weighted by atomic mass is 10.0. The van der Waals surface area contributed by atoms with Gasteiger partial charge in [0.25, 0.3) is 10.0 Å². The smallest absolute Gasteiger partial charge is 0.268 e. The van der Waals surface area contributed by atoms with Gasteiger partial charge in [0.1, 0.15) is 4.90 Å². The number of benzene rings is 3. The van der Waals surface area contributed by atoms with Crippen LogP contribution in [-0.2, 0) is 10.0 Å². The molecule has 0 aliphatic rings. The predicted molar refractivity (Wildman–Crippen MR) is 114 cm³/mol. The van der Waals surface area contributed by atoms with E-state index in [1.54, 1.807) is 26.0 Å². The number of sulfonamides is 1. The molecule has 29 heavy (non-hydrogen) atoms. The molecular weight excluding hydrogens is 390 g/mol. The fourth-order valence-corrected chi connectivity index (χ4v) is 4.99. The van der Waals surface area contributed by atoms with E-state index in [2.05, 4.69) is 0 Å². The normalized spacial score (nSPS) is 11.9. The van der Waals surface area contributed by atoms with E-state index in [-0.39, 0.29) is 18.0 Å². The van der Waals surface area contributed by atoms with E-state index >= 15 is 0 Å². The van der Waals surface area contributed by atoms with Crippen LogP contribution in [0.25, 0.3) is 10.8 Å². The molecule has 0 aliphatic carbocycles. The van der Waals surface area contributed by atoms with E-state index in [0.717, 1.165) is 10.8 Å². The molecule has 0 atom stereocenters. The number of nitrogens with zero attached hydrogens (tertiary/aromatic N) is 1. The number of rotatable bonds is 6. The minimum atomic E-state index is -4.20. The Morgan fingerprint density at radius 1 is 0.897 bits per heavy atom. The van der Waals surface area contributed by atoms with Crippen LogP contribution in [0.15, 0.2) is 53.4 Å². The van der Waals surface area contributed by atoms with Crippen molar-refractivity contribution in [2.75, 3.05) is 10.8 Å². The fourth-order valence-electron chi connectivity index (χ4n) is 3.32. The van der Waals surface area contributed by atoms with Gasteiger partial charge in [-0.3, -0.25) is 4.31 Å². The number of phenols is 3. The summed E-state index contributed by atoms with van der Waals surface area (Å²) < 4.78 is 28.2. The van der Waals surface area contributed by atoms with Crippen LogP contribution in [0.5, 0.6) is 17.2 Å². The van der Waals surface area contributed by atoms with E-state index < -0.39 is 32.2 Å². The standard InChI is InChI=1S/C22H25NO5S/c1-4-11-23(17-10-9-15-7-5-6-8-16(15)12-17)29(27,28)19-13-18(14(2)3)20(24)22(26)21(19)25/h5-10,12-14,24-26H,4,11H2,1-3H3. The first-order valence-corrected chi connectivity index (χ1v) is 10.9. The lowest BCUT2D eigenvalue weighted by Gasteiger charge is -2.26. The van der Waals surface area contributed by atoms with E-state index in [4.69, 9.17) is 0 Å². The van der Waals surface area contributed by atoms with Crippen LogP contribution >= 0.6 is 0 Å². The predicted octanol–water partition coefficient (Wildman–Crippen LogP) is 4.69. The summed E-state index contributed by atoms with van der Waals surface area (Å²) in [4.78, 5) is -0.432. The number of hydrogen-bond donors (Lipinski definition) is 3. The molecule has 7 heteroatoms. The maximum absolute atomic E-state index is 13.5. The SMILES string of the molecule is CCCN(c1ccc2ccccc2c1)S(=O)(=O)c1cc(C(C)C)c(O)c(O)c1O. The highest BCUT2D eigenvalue weighted by Gasteiger charge is 2.31. The zero-order valence-corrected chi connectivity index (χ0v) is 17.4. The second kappa shape index (κ2) is 7.83. The molecule has 3 N–H and O–H groups in total. The Labute approximate surface area is 170 Å². The zero-order valence-electron chi connectivity index (χ0n) is 16.6. The molecule has 3 aromatic rings. The minimum absolute atomic E-state index is 0.193. The second-order valence-electron chi connectivity index (χ2n) is 7.27. The average Bonchev–Trinajstić information content (AvgIpc) is 2.69. The summed E-state index contributed by atoms with van der Waals surface area (Å²) in [7, 11) is -4.20. The molecule has 0 heterocycles. The first-order valence-electron chi connectivity index (χ1n) is 9.47. The third-order valence-electron chi connectivity index (χ3n) is 4.88. The fraction of sp³-hybridized carbons (Fsp3) is 0.273. The van der Waals surface area contributed by atoms with Crippen molar-refractivity contribution in [3.63, 3.8) is 0 Å². The molecule has 0 spiro atoms. The number of anilines is 1. The number of phenolic OH excluding ortho intramolecular Hbond substituents is 3. The molecule has 0 bridgehead atoms. The number of aromatic hydroxyl groups is 3. The second-order valence-corrected chi connectivity index (χ2v) is 9.10. The highest BCUT2D eigenvalue weighted by Crippen LogP contribution is 2.45. The van der Waals surface area contributed by atoms with Crippen LogP contribution in [0.4, 0.5) is 5.69 Å². The Hall–Kier alpha value is -2.93. The maximum atomic E-state index is 13.5. The largest absolute Gasteiger partial charge is 0.504 e. The van der Waals surface area contributed by atoms with Gasteiger partial charge in [-0.1, -0.05) is 51.1 Å². The van der Waals surface area contributed by atoms with Crippen molar-refractivity contribution in [3.8, 4) is 17.2 Å². The van der Waals surface area contributed by atoms with E-state index in [1.165, 1.54) is 10.4 Å². The summed E-state index contributed by atoms with van der Waals surface area (Å²) in [6, 6.07) is 14.2. The van der Waals surface area contributed by atoms with Crippen molar-refractivity contribution in [1.82, 2.24) is 0 Å². The Bertz CT molecular complexity index is 1160. The molecule has 0 unspecified atom stereocenters. The third kappa shape index (κ3) is 3.70. The zero-order chi connectivity index (χ0) is 21.3.